The second-order valence-electron chi connectivity index (χ2n) is 4.75. The first-order chi connectivity index (χ1) is 10.0. The van der Waals surface area contributed by atoms with Crippen LogP contribution in [-0.2, 0) is 9.59 Å². The third-order valence-corrected chi connectivity index (χ3v) is 4.11. The fourth-order valence-corrected chi connectivity index (χ4v) is 2.77. The highest BCUT2D eigenvalue weighted by Crippen LogP contribution is 2.40. The molecule has 114 valence electrons. The van der Waals surface area contributed by atoms with Gasteiger partial charge in [0, 0.05) is 16.1 Å². The Hall–Kier alpha value is -1.76. The molecule has 1 amide bonds. The van der Waals surface area contributed by atoms with Crippen molar-refractivity contribution in [2.75, 3.05) is 14.2 Å². The minimum absolute atomic E-state index is 0.0106. The second kappa shape index (κ2) is 6.34. The molecule has 0 bridgehead atoms. The van der Waals surface area contributed by atoms with Crippen LogP contribution >= 0.6 is 15.9 Å². The van der Waals surface area contributed by atoms with Crippen LogP contribution < -0.4 is 9.47 Å². The Labute approximate surface area is 130 Å². The molecule has 1 unspecified atom stereocenters. The Bertz CT molecular complexity index is 559. The van der Waals surface area contributed by atoms with E-state index in [0.717, 1.165) is 12.8 Å². The summed E-state index contributed by atoms with van der Waals surface area (Å²) in [5.74, 6) is -0.174. The molecule has 0 radical (unpaired) electrons. The average Bonchev–Trinajstić information content (AvgIpc) is 3.29. The number of aliphatic carboxylic acids is 1. The van der Waals surface area contributed by atoms with Crippen molar-refractivity contribution < 1.29 is 24.2 Å². The molecule has 1 saturated carbocycles. The van der Waals surface area contributed by atoms with Crippen LogP contribution in [0.4, 0.5) is 0 Å². The maximum atomic E-state index is 11.6. The van der Waals surface area contributed by atoms with Crippen molar-refractivity contribution in [2.24, 2.45) is 0 Å². The molecule has 21 heavy (non-hydrogen) atoms. The molecule has 0 saturated heterocycles. The largest absolute Gasteiger partial charge is 0.493 e. The molecule has 1 aromatic rings. The van der Waals surface area contributed by atoms with Gasteiger partial charge in [0.2, 0.25) is 6.41 Å². The highest BCUT2D eigenvalue weighted by Gasteiger charge is 2.38. The number of carboxylic acids is 1. The number of methoxy groups -OCH3 is 2. The van der Waals surface area contributed by atoms with E-state index in [1.807, 2.05) is 0 Å². The Kier molecular flexibility index (Phi) is 4.72. The Morgan fingerprint density at radius 2 is 1.95 bits per heavy atom. The summed E-state index contributed by atoms with van der Waals surface area (Å²) in [4.78, 5) is 24.3. The van der Waals surface area contributed by atoms with Crippen molar-refractivity contribution in [3.63, 3.8) is 0 Å². The second-order valence-corrected chi connectivity index (χ2v) is 5.61. The number of halogens is 1. The molecule has 1 fully saturated rings. The number of amides is 1. The lowest BCUT2D eigenvalue weighted by atomic mass is 10.0. The quantitative estimate of drug-likeness (QED) is 0.757. The average molecular weight is 358 g/mol. The third-order valence-electron chi connectivity index (χ3n) is 3.42. The van der Waals surface area contributed by atoms with E-state index in [1.165, 1.54) is 19.1 Å². The van der Waals surface area contributed by atoms with Gasteiger partial charge in [0.15, 0.2) is 17.5 Å². The van der Waals surface area contributed by atoms with Crippen LogP contribution in [0.15, 0.2) is 16.6 Å². The molecule has 1 N–H and O–H groups in total. The fourth-order valence-electron chi connectivity index (χ4n) is 2.23. The molecule has 2 rings (SSSR count). The first-order valence-corrected chi connectivity index (χ1v) is 7.19. The zero-order valence-electron chi connectivity index (χ0n) is 11.7. The highest BCUT2D eigenvalue weighted by atomic mass is 79.9. The number of hydrogen-bond acceptors (Lipinski definition) is 4. The first-order valence-electron chi connectivity index (χ1n) is 6.40. The summed E-state index contributed by atoms with van der Waals surface area (Å²) in [5, 5.41) is 9.53. The minimum atomic E-state index is -1.08. The molecule has 6 nitrogen and oxygen atoms in total. The fraction of sp³-hybridized carbons (Fsp3) is 0.429. The van der Waals surface area contributed by atoms with Crippen LogP contribution in [0, 0.1) is 0 Å². The monoisotopic (exact) mass is 357 g/mol. The van der Waals surface area contributed by atoms with Crippen molar-refractivity contribution in [3.05, 3.63) is 22.2 Å². The van der Waals surface area contributed by atoms with Crippen LogP contribution in [0.1, 0.15) is 24.4 Å². The number of rotatable bonds is 7. The third kappa shape index (κ3) is 3.12. The zero-order valence-corrected chi connectivity index (χ0v) is 13.3. The predicted molar refractivity (Wildman–Crippen MR) is 78.5 cm³/mol. The molecular weight excluding hydrogens is 342 g/mol. The molecule has 7 heteroatoms. The van der Waals surface area contributed by atoms with E-state index in [-0.39, 0.29) is 6.04 Å². The van der Waals surface area contributed by atoms with Gasteiger partial charge in [-0.3, -0.25) is 4.79 Å². The molecule has 0 spiro atoms. The zero-order chi connectivity index (χ0) is 15.6. The molecule has 0 heterocycles. The van der Waals surface area contributed by atoms with Gasteiger partial charge in [0.05, 0.1) is 14.2 Å². The van der Waals surface area contributed by atoms with Crippen molar-refractivity contribution in [2.45, 2.75) is 24.9 Å². The van der Waals surface area contributed by atoms with Crippen LogP contribution in [-0.4, -0.2) is 42.6 Å². The van der Waals surface area contributed by atoms with Crippen molar-refractivity contribution in [3.8, 4) is 11.5 Å². The summed E-state index contributed by atoms with van der Waals surface area (Å²) in [7, 11) is 2.98. The van der Waals surface area contributed by atoms with Gasteiger partial charge in [-0.15, -0.1) is 0 Å². The van der Waals surface area contributed by atoms with E-state index in [1.54, 1.807) is 12.1 Å². The van der Waals surface area contributed by atoms with Crippen LogP contribution in [0.25, 0.3) is 0 Å². The van der Waals surface area contributed by atoms with Gasteiger partial charge in [-0.2, -0.15) is 0 Å². The number of carbonyl (C=O) groups is 2. The first kappa shape index (κ1) is 15.6. The number of carbonyl (C=O) groups excluding carboxylic acids is 1. The summed E-state index contributed by atoms with van der Waals surface area (Å²) >= 11 is 3.35. The van der Waals surface area contributed by atoms with Crippen molar-refractivity contribution in [1.82, 2.24) is 4.90 Å². The van der Waals surface area contributed by atoms with E-state index in [2.05, 4.69) is 15.9 Å². The lowest BCUT2D eigenvalue weighted by Gasteiger charge is -2.26. The van der Waals surface area contributed by atoms with Gasteiger partial charge in [-0.25, -0.2) is 4.79 Å². The number of benzene rings is 1. The number of nitrogens with zero attached hydrogens (tertiary/aromatic N) is 1. The Morgan fingerprint density at radius 3 is 2.38 bits per heavy atom. The van der Waals surface area contributed by atoms with Crippen molar-refractivity contribution in [1.29, 1.82) is 0 Å². The molecule has 1 atom stereocenters. The van der Waals surface area contributed by atoms with Crippen LogP contribution in [0.5, 0.6) is 11.5 Å². The molecule has 1 aliphatic carbocycles. The van der Waals surface area contributed by atoms with Crippen LogP contribution in [0.2, 0.25) is 0 Å². The molecule has 0 aromatic heterocycles. The summed E-state index contributed by atoms with van der Waals surface area (Å²) in [6, 6.07) is 2.16. The van der Waals surface area contributed by atoms with E-state index in [9.17, 15) is 14.7 Å². The summed E-state index contributed by atoms with van der Waals surface area (Å²) in [6.07, 6.45) is 2.25. The van der Waals surface area contributed by atoms with E-state index < -0.39 is 12.0 Å². The molecule has 1 aromatic carbocycles. The lowest BCUT2D eigenvalue weighted by molar-refractivity contribution is -0.147. The summed E-state index contributed by atoms with van der Waals surface area (Å²) < 4.78 is 10.9. The SMILES string of the molecule is COc1cc(Br)c(C(C(=O)O)N(C=O)C2CC2)cc1OC. The molecular formula is C14H16BrNO5. The van der Waals surface area contributed by atoms with Crippen molar-refractivity contribution >= 4 is 28.3 Å². The number of ether oxygens (including phenoxy) is 2. The van der Waals surface area contributed by atoms with E-state index >= 15 is 0 Å². The predicted octanol–water partition coefficient (Wildman–Crippen LogP) is 2.21. The van der Waals surface area contributed by atoms with Gasteiger partial charge in [0.25, 0.3) is 0 Å². The van der Waals surface area contributed by atoms with Gasteiger partial charge < -0.3 is 19.5 Å². The number of carboxylic acid groups (broad SMARTS) is 1. The maximum Gasteiger partial charge on any atom is 0.331 e. The van der Waals surface area contributed by atoms with Gasteiger partial charge in [-0.1, -0.05) is 15.9 Å². The Morgan fingerprint density at radius 1 is 1.38 bits per heavy atom. The topological polar surface area (TPSA) is 76.1 Å². The highest BCUT2D eigenvalue weighted by molar-refractivity contribution is 9.10. The number of hydrogen-bond donors (Lipinski definition) is 1. The minimum Gasteiger partial charge on any atom is -0.493 e. The van der Waals surface area contributed by atoms with Gasteiger partial charge >= 0.3 is 5.97 Å². The van der Waals surface area contributed by atoms with E-state index in [4.69, 9.17) is 9.47 Å². The lowest BCUT2D eigenvalue weighted by Crippen LogP contribution is -2.35. The summed E-state index contributed by atoms with van der Waals surface area (Å²) in [6.45, 7) is 0. The smallest absolute Gasteiger partial charge is 0.331 e. The normalized spacial score (nSPS) is 15.2. The molecule has 1 aliphatic rings. The maximum absolute atomic E-state index is 11.6. The summed E-state index contributed by atoms with van der Waals surface area (Å²) in [5.41, 5.74) is 0.458. The standard InChI is InChI=1S/C14H16BrNO5/c1-20-11-5-9(10(15)6-12(11)21-2)13(14(18)19)16(7-17)8-3-4-8/h5-8,13H,3-4H2,1-2H3,(H,18,19). The van der Waals surface area contributed by atoms with Gasteiger partial charge in [0.1, 0.15) is 0 Å². The Balaban J connectivity index is 2.49. The van der Waals surface area contributed by atoms with Crippen LogP contribution in [0.3, 0.4) is 0 Å². The van der Waals surface area contributed by atoms with E-state index in [0.29, 0.717) is 27.9 Å². The molecule has 0 aliphatic heterocycles. The van der Waals surface area contributed by atoms with Gasteiger partial charge in [-0.05, 0) is 25.0 Å².